The molecule has 2 aromatic rings. The Kier molecular flexibility index (Phi) is 6.31. The molecule has 0 unspecified atom stereocenters. The van der Waals surface area contributed by atoms with Gasteiger partial charge in [-0.15, -0.1) is 0 Å². The van der Waals surface area contributed by atoms with E-state index in [0.717, 1.165) is 68.1 Å². The third-order valence-corrected chi connectivity index (χ3v) is 6.45. The van der Waals surface area contributed by atoms with Gasteiger partial charge >= 0.3 is 6.18 Å². The molecule has 2 fully saturated rings. The van der Waals surface area contributed by atoms with E-state index in [-0.39, 0.29) is 11.8 Å². The van der Waals surface area contributed by atoms with E-state index in [2.05, 4.69) is 25.7 Å². The minimum absolute atomic E-state index is 0.0302. The highest BCUT2D eigenvalue weighted by atomic mass is 19.4. The van der Waals surface area contributed by atoms with Crippen LogP contribution in [-0.4, -0.2) is 42.7 Å². The number of rotatable bonds is 5. The molecule has 0 radical (unpaired) electrons. The number of hydrogen-bond donors (Lipinski definition) is 4. The first kappa shape index (κ1) is 21.8. The molecule has 0 aliphatic carbocycles. The molecular formula is C21H28F3N7. The number of aromatic nitrogens is 2. The van der Waals surface area contributed by atoms with Crippen molar-refractivity contribution >= 4 is 11.6 Å². The molecule has 1 aromatic carbocycles. The van der Waals surface area contributed by atoms with Crippen molar-refractivity contribution in [2.75, 3.05) is 43.4 Å². The first-order valence-electron chi connectivity index (χ1n) is 10.6. The average Bonchev–Trinajstić information content (AvgIpc) is 3.29. The van der Waals surface area contributed by atoms with Crippen LogP contribution < -0.4 is 27.2 Å². The maximum Gasteiger partial charge on any atom is 0.416 e. The van der Waals surface area contributed by atoms with Crippen LogP contribution in [0.25, 0.3) is 0 Å². The summed E-state index contributed by atoms with van der Waals surface area (Å²) in [5, 5.41) is 0. The maximum absolute atomic E-state index is 12.9. The molecule has 31 heavy (non-hydrogen) atoms. The van der Waals surface area contributed by atoms with Crippen LogP contribution in [0.5, 0.6) is 0 Å². The van der Waals surface area contributed by atoms with Crippen molar-refractivity contribution in [3.05, 3.63) is 47.3 Å². The van der Waals surface area contributed by atoms with Crippen molar-refractivity contribution < 1.29 is 13.2 Å². The molecule has 3 heterocycles. The van der Waals surface area contributed by atoms with Gasteiger partial charge in [0.25, 0.3) is 0 Å². The number of alkyl halides is 3. The highest BCUT2D eigenvalue weighted by Gasteiger charge is 2.33. The van der Waals surface area contributed by atoms with Crippen LogP contribution in [0, 0.1) is 5.92 Å². The van der Waals surface area contributed by atoms with Crippen LogP contribution in [0.3, 0.4) is 0 Å². The fourth-order valence-electron chi connectivity index (χ4n) is 4.74. The summed E-state index contributed by atoms with van der Waals surface area (Å²) in [7, 11) is 0. The minimum atomic E-state index is -4.33. The highest BCUT2D eigenvalue weighted by Crippen LogP contribution is 2.37. The van der Waals surface area contributed by atoms with E-state index >= 15 is 0 Å². The number of anilines is 2. The lowest BCUT2D eigenvalue weighted by atomic mass is 9.79. The Hall–Kier alpha value is -2.43. The number of nitrogen functional groups attached to an aromatic ring is 1. The molecule has 0 amide bonds. The zero-order valence-electron chi connectivity index (χ0n) is 17.2. The fourth-order valence-corrected chi connectivity index (χ4v) is 4.74. The van der Waals surface area contributed by atoms with Crippen molar-refractivity contribution in [3.63, 3.8) is 0 Å². The van der Waals surface area contributed by atoms with Gasteiger partial charge < -0.3 is 16.4 Å². The largest absolute Gasteiger partial charge is 0.416 e. The zero-order valence-corrected chi connectivity index (χ0v) is 17.2. The molecule has 2 aliphatic heterocycles. The highest BCUT2D eigenvalue weighted by molar-refractivity contribution is 5.59. The Balaban J connectivity index is 1.46. The minimum Gasteiger partial charge on any atom is -0.383 e. The van der Waals surface area contributed by atoms with Gasteiger partial charge in [-0.2, -0.15) is 13.2 Å². The second-order valence-electron chi connectivity index (χ2n) is 8.24. The van der Waals surface area contributed by atoms with Gasteiger partial charge in [0.1, 0.15) is 18.0 Å². The predicted molar refractivity (Wildman–Crippen MR) is 113 cm³/mol. The van der Waals surface area contributed by atoms with Crippen LogP contribution in [0.15, 0.2) is 30.6 Å². The van der Waals surface area contributed by atoms with E-state index in [1.54, 1.807) is 12.1 Å². The molecule has 10 heteroatoms. The number of nitrogens with one attached hydrogen (secondary N) is 2. The Bertz CT molecular complexity index is 874. The van der Waals surface area contributed by atoms with Crippen LogP contribution in [0.2, 0.25) is 0 Å². The summed E-state index contributed by atoms with van der Waals surface area (Å²) in [4.78, 5) is 11.0. The lowest BCUT2D eigenvalue weighted by Crippen LogP contribution is -2.38. The molecule has 4 rings (SSSR count). The van der Waals surface area contributed by atoms with E-state index in [9.17, 15) is 13.2 Å². The summed E-state index contributed by atoms with van der Waals surface area (Å²) in [6.07, 6.45) is -1.06. The van der Waals surface area contributed by atoms with Crippen LogP contribution in [-0.2, 0) is 6.18 Å². The first-order valence-corrected chi connectivity index (χ1v) is 10.6. The quantitative estimate of drug-likeness (QED) is 0.571. The number of benzene rings is 1. The van der Waals surface area contributed by atoms with E-state index < -0.39 is 11.7 Å². The molecule has 7 nitrogen and oxygen atoms in total. The zero-order chi connectivity index (χ0) is 22.0. The van der Waals surface area contributed by atoms with E-state index in [4.69, 9.17) is 11.5 Å². The van der Waals surface area contributed by atoms with Gasteiger partial charge in [-0.05, 0) is 48.9 Å². The Morgan fingerprint density at radius 2 is 1.71 bits per heavy atom. The summed E-state index contributed by atoms with van der Waals surface area (Å²) >= 11 is 0. The average molecular weight is 435 g/mol. The van der Waals surface area contributed by atoms with Gasteiger partial charge in [0.2, 0.25) is 0 Å². The number of hydrogen-bond acceptors (Lipinski definition) is 7. The van der Waals surface area contributed by atoms with E-state index in [1.165, 1.54) is 6.33 Å². The molecule has 6 N–H and O–H groups in total. The van der Waals surface area contributed by atoms with Gasteiger partial charge in [0, 0.05) is 37.7 Å². The molecule has 0 bridgehead atoms. The summed E-state index contributed by atoms with van der Waals surface area (Å²) in [6, 6.07) is 5.42. The van der Waals surface area contributed by atoms with Crippen molar-refractivity contribution in [1.82, 2.24) is 20.8 Å². The summed E-state index contributed by atoms with van der Waals surface area (Å²) in [5.74, 6) is 1.92. The van der Waals surface area contributed by atoms with Gasteiger partial charge in [-0.3, -0.25) is 10.9 Å². The summed E-state index contributed by atoms with van der Waals surface area (Å²) in [6.45, 7) is 3.52. The van der Waals surface area contributed by atoms with Gasteiger partial charge in [-0.25, -0.2) is 9.97 Å². The van der Waals surface area contributed by atoms with Crippen molar-refractivity contribution in [1.29, 1.82) is 0 Å². The molecule has 0 spiro atoms. The van der Waals surface area contributed by atoms with Crippen LogP contribution >= 0.6 is 0 Å². The number of nitrogens with two attached hydrogens (primary N) is 2. The number of hydrazine groups is 1. The lowest BCUT2D eigenvalue weighted by molar-refractivity contribution is -0.137. The predicted octanol–water partition coefficient (Wildman–Crippen LogP) is 2.23. The van der Waals surface area contributed by atoms with Crippen LogP contribution in [0.4, 0.5) is 24.8 Å². The second-order valence-corrected chi connectivity index (χ2v) is 8.24. The lowest BCUT2D eigenvalue weighted by Gasteiger charge is -2.37. The van der Waals surface area contributed by atoms with Crippen molar-refractivity contribution in [3.8, 4) is 0 Å². The Morgan fingerprint density at radius 1 is 1.06 bits per heavy atom. The maximum atomic E-state index is 12.9. The number of nitrogens with zero attached hydrogens (tertiary/aromatic N) is 3. The van der Waals surface area contributed by atoms with Crippen molar-refractivity contribution in [2.45, 2.75) is 30.9 Å². The summed E-state index contributed by atoms with van der Waals surface area (Å²) in [5.41, 5.74) is 19.7. The SMILES string of the molecule is NC[C@@H](c1ccc(C(F)(F)F)cc1)C1CCN(c2ncnc(N)c2C2CNNC2)CC1. The first-order chi connectivity index (χ1) is 14.9. The monoisotopic (exact) mass is 435 g/mol. The number of piperidine rings is 1. The normalized spacial score (nSPS) is 19.7. The molecule has 2 aliphatic rings. The van der Waals surface area contributed by atoms with Crippen molar-refractivity contribution in [2.24, 2.45) is 11.7 Å². The van der Waals surface area contributed by atoms with Crippen LogP contribution in [0.1, 0.15) is 41.4 Å². The molecule has 0 saturated carbocycles. The van der Waals surface area contributed by atoms with E-state index in [1.807, 2.05) is 0 Å². The molecule has 1 aromatic heterocycles. The Morgan fingerprint density at radius 3 is 2.29 bits per heavy atom. The molecule has 168 valence electrons. The molecule has 2 saturated heterocycles. The molecular weight excluding hydrogens is 407 g/mol. The molecule has 1 atom stereocenters. The second kappa shape index (κ2) is 8.97. The smallest absolute Gasteiger partial charge is 0.383 e. The van der Waals surface area contributed by atoms with Gasteiger partial charge in [0.05, 0.1) is 5.56 Å². The Labute approximate surface area is 179 Å². The third-order valence-electron chi connectivity index (χ3n) is 6.45. The number of halogens is 3. The fraction of sp³-hybridized carbons (Fsp3) is 0.524. The van der Waals surface area contributed by atoms with E-state index in [0.29, 0.717) is 18.3 Å². The van der Waals surface area contributed by atoms with Gasteiger partial charge in [0.15, 0.2) is 0 Å². The third kappa shape index (κ3) is 4.60. The standard InChI is InChI=1S/C21H28F3N7/c22-21(23,24)16-3-1-13(2-4-16)17(9-25)14-5-7-31(8-6-14)20-18(15-10-29-30-11-15)19(26)27-12-28-20/h1-4,12,14-15,17,29-30H,5-11,25H2,(H2,26,27,28)/t17-/m0/s1. The summed E-state index contributed by atoms with van der Waals surface area (Å²) < 4.78 is 38.6. The van der Waals surface area contributed by atoms with Gasteiger partial charge in [-0.1, -0.05) is 12.1 Å². The topological polar surface area (TPSA) is 105 Å².